The first kappa shape index (κ1) is 9.95. The van der Waals surface area contributed by atoms with Gasteiger partial charge in [-0.3, -0.25) is 0 Å². The largest absolute Gasteiger partial charge is 0.197 e. The van der Waals surface area contributed by atoms with E-state index in [1.54, 1.807) is 11.3 Å². The highest BCUT2D eigenvalue weighted by atomic mass is 32.1. The van der Waals surface area contributed by atoms with Crippen LogP contribution in [-0.4, -0.2) is 0 Å². The lowest BCUT2D eigenvalue weighted by Crippen LogP contribution is -2.19. The molecule has 1 atom stereocenters. The summed E-state index contributed by atoms with van der Waals surface area (Å²) in [5.74, 6) is 0. The lowest BCUT2D eigenvalue weighted by atomic mass is 9.83. The quantitative estimate of drug-likeness (QED) is 0.748. The zero-order valence-corrected chi connectivity index (χ0v) is 9.29. The molecule has 0 aliphatic rings. The molecule has 0 aliphatic heterocycles. The Kier molecular flexibility index (Phi) is 2.57. The summed E-state index contributed by atoms with van der Waals surface area (Å²) in [5, 5.41) is 11.4. The predicted octanol–water partition coefficient (Wildman–Crippen LogP) is 3.58. The Morgan fingerprint density at radius 1 is 1.13 bits per heavy atom. The molecule has 1 unspecified atom stereocenters. The van der Waals surface area contributed by atoms with Gasteiger partial charge in [0.25, 0.3) is 0 Å². The van der Waals surface area contributed by atoms with E-state index in [9.17, 15) is 5.26 Å². The maximum atomic E-state index is 9.37. The maximum absolute atomic E-state index is 9.37. The minimum atomic E-state index is -0.518. The van der Waals surface area contributed by atoms with E-state index in [0.717, 1.165) is 10.4 Å². The van der Waals surface area contributed by atoms with Gasteiger partial charge in [-0.1, -0.05) is 36.4 Å². The lowest BCUT2D eigenvalue weighted by molar-refractivity contribution is 0.759. The number of rotatable bonds is 2. The third-order valence-corrected chi connectivity index (χ3v) is 3.68. The second-order valence-electron chi connectivity index (χ2n) is 3.58. The Labute approximate surface area is 93.6 Å². The van der Waals surface area contributed by atoms with Crippen molar-refractivity contribution >= 4 is 11.3 Å². The van der Waals surface area contributed by atoms with Crippen LogP contribution in [0.1, 0.15) is 17.4 Å². The summed E-state index contributed by atoms with van der Waals surface area (Å²) in [7, 11) is 0. The fraction of sp³-hybridized carbons (Fsp3) is 0.154. The minimum Gasteiger partial charge on any atom is -0.197 e. The van der Waals surface area contributed by atoms with Crippen molar-refractivity contribution in [1.29, 1.82) is 5.26 Å². The van der Waals surface area contributed by atoms with Gasteiger partial charge >= 0.3 is 0 Å². The number of thiophene rings is 1. The SMILES string of the molecule is CC(C#N)(c1ccccc1)c1cccs1. The molecular formula is C13H11NS. The molecule has 0 bridgehead atoms. The zero-order chi connectivity index (χ0) is 10.7. The summed E-state index contributed by atoms with van der Waals surface area (Å²) < 4.78 is 0. The van der Waals surface area contributed by atoms with Gasteiger partial charge < -0.3 is 0 Å². The fourth-order valence-electron chi connectivity index (χ4n) is 1.60. The van der Waals surface area contributed by atoms with Crippen LogP contribution < -0.4 is 0 Å². The average Bonchev–Trinajstić information content (AvgIpc) is 2.83. The van der Waals surface area contributed by atoms with Crippen LogP contribution in [0.2, 0.25) is 0 Å². The van der Waals surface area contributed by atoms with Gasteiger partial charge in [0.2, 0.25) is 0 Å². The van der Waals surface area contributed by atoms with Gasteiger partial charge in [0, 0.05) is 4.88 Å². The van der Waals surface area contributed by atoms with Crippen LogP contribution in [0.5, 0.6) is 0 Å². The molecule has 0 N–H and O–H groups in total. The van der Waals surface area contributed by atoms with Crippen molar-refractivity contribution in [3.8, 4) is 6.07 Å². The number of hydrogen-bond acceptors (Lipinski definition) is 2. The monoisotopic (exact) mass is 213 g/mol. The van der Waals surface area contributed by atoms with Gasteiger partial charge in [-0.15, -0.1) is 11.3 Å². The van der Waals surface area contributed by atoms with E-state index in [4.69, 9.17) is 0 Å². The molecule has 0 spiro atoms. The highest BCUT2D eigenvalue weighted by molar-refractivity contribution is 7.10. The first-order valence-corrected chi connectivity index (χ1v) is 5.66. The van der Waals surface area contributed by atoms with E-state index >= 15 is 0 Å². The van der Waals surface area contributed by atoms with Crippen LogP contribution in [0.3, 0.4) is 0 Å². The van der Waals surface area contributed by atoms with Gasteiger partial charge in [-0.05, 0) is 23.9 Å². The van der Waals surface area contributed by atoms with Crippen LogP contribution in [0.25, 0.3) is 0 Å². The van der Waals surface area contributed by atoms with Gasteiger partial charge in [0.05, 0.1) is 6.07 Å². The standard InChI is InChI=1S/C13H11NS/c1-13(10-14,12-8-5-9-15-12)11-6-3-2-4-7-11/h2-9H,1H3. The third kappa shape index (κ3) is 1.67. The molecule has 0 saturated carbocycles. The molecule has 2 aromatic rings. The summed E-state index contributed by atoms with van der Waals surface area (Å²) in [6.45, 7) is 1.97. The Bertz CT molecular complexity index is 467. The van der Waals surface area contributed by atoms with Gasteiger partial charge in [-0.2, -0.15) is 5.26 Å². The van der Waals surface area contributed by atoms with E-state index in [1.165, 1.54) is 0 Å². The van der Waals surface area contributed by atoms with Crippen LogP contribution in [0.15, 0.2) is 47.8 Å². The van der Waals surface area contributed by atoms with Crippen LogP contribution in [-0.2, 0) is 5.41 Å². The molecule has 74 valence electrons. The lowest BCUT2D eigenvalue weighted by Gasteiger charge is -2.20. The molecule has 0 radical (unpaired) electrons. The molecule has 0 saturated heterocycles. The van der Waals surface area contributed by atoms with Crippen molar-refractivity contribution in [3.63, 3.8) is 0 Å². The van der Waals surface area contributed by atoms with Crippen molar-refractivity contribution in [2.45, 2.75) is 12.3 Å². The molecule has 1 heterocycles. The van der Waals surface area contributed by atoms with E-state index in [1.807, 2.05) is 54.8 Å². The van der Waals surface area contributed by atoms with Crippen molar-refractivity contribution in [2.24, 2.45) is 0 Å². The summed E-state index contributed by atoms with van der Waals surface area (Å²) in [6.07, 6.45) is 0. The van der Waals surface area contributed by atoms with E-state index in [2.05, 4.69) is 6.07 Å². The van der Waals surface area contributed by atoms with Crippen molar-refractivity contribution in [2.75, 3.05) is 0 Å². The first-order chi connectivity index (χ1) is 7.27. The average molecular weight is 213 g/mol. The highest BCUT2D eigenvalue weighted by Crippen LogP contribution is 2.33. The highest BCUT2D eigenvalue weighted by Gasteiger charge is 2.29. The fourth-order valence-corrected chi connectivity index (χ4v) is 2.46. The normalized spacial score (nSPS) is 14.1. The van der Waals surface area contributed by atoms with Crippen LogP contribution in [0, 0.1) is 11.3 Å². The summed E-state index contributed by atoms with van der Waals surface area (Å²) >= 11 is 1.63. The number of hydrogen-bond donors (Lipinski definition) is 0. The van der Waals surface area contributed by atoms with Crippen molar-refractivity contribution < 1.29 is 0 Å². The van der Waals surface area contributed by atoms with Crippen molar-refractivity contribution in [1.82, 2.24) is 0 Å². The van der Waals surface area contributed by atoms with Crippen LogP contribution >= 0.6 is 11.3 Å². The molecule has 1 nitrogen and oxygen atoms in total. The number of nitrogens with zero attached hydrogens (tertiary/aromatic N) is 1. The van der Waals surface area contributed by atoms with Crippen molar-refractivity contribution in [3.05, 3.63) is 58.3 Å². The Morgan fingerprint density at radius 2 is 1.87 bits per heavy atom. The molecule has 2 heteroatoms. The molecule has 1 aromatic carbocycles. The minimum absolute atomic E-state index is 0.518. The van der Waals surface area contributed by atoms with Gasteiger partial charge in [0.1, 0.15) is 5.41 Å². The Morgan fingerprint density at radius 3 is 2.40 bits per heavy atom. The summed E-state index contributed by atoms with van der Waals surface area (Å²) in [6, 6.07) is 16.3. The number of nitriles is 1. The first-order valence-electron chi connectivity index (χ1n) is 4.78. The molecule has 1 aromatic heterocycles. The molecular weight excluding hydrogens is 202 g/mol. The van der Waals surface area contributed by atoms with Gasteiger partial charge in [0.15, 0.2) is 0 Å². The third-order valence-electron chi connectivity index (χ3n) is 2.59. The molecule has 15 heavy (non-hydrogen) atoms. The van der Waals surface area contributed by atoms with Gasteiger partial charge in [-0.25, -0.2) is 0 Å². The Balaban J connectivity index is 2.53. The van der Waals surface area contributed by atoms with E-state index in [-0.39, 0.29) is 0 Å². The molecule has 2 rings (SSSR count). The van der Waals surface area contributed by atoms with Crippen LogP contribution in [0.4, 0.5) is 0 Å². The predicted molar refractivity (Wildman–Crippen MR) is 62.8 cm³/mol. The smallest absolute Gasteiger partial charge is 0.113 e. The molecule has 0 fully saturated rings. The number of benzene rings is 1. The van der Waals surface area contributed by atoms with E-state index in [0.29, 0.717) is 0 Å². The molecule has 0 aliphatic carbocycles. The summed E-state index contributed by atoms with van der Waals surface area (Å²) in [4.78, 5) is 1.09. The topological polar surface area (TPSA) is 23.8 Å². The second-order valence-corrected chi connectivity index (χ2v) is 4.53. The Hall–Kier alpha value is -1.59. The van der Waals surface area contributed by atoms with E-state index < -0.39 is 5.41 Å². The maximum Gasteiger partial charge on any atom is 0.113 e. The zero-order valence-electron chi connectivity index (χ0n) is 8.47. The second kappa shape index (κ2) is 3.88. The summed E-state index contributed by atoms with van der Waals surface area (Å²) in [5.41, 5.74) is 0.532. The molecule has 0 amide bonds.